The molecule has 7 heteroatoms. The topological polar surface area (TPSA) is 67.7 Å². The van der Waals surface area contributed by atoms with Gasteiger partial charge in [-0.25, -0.2) is 14.8 Å². The Morgan fingerprint density at radius 3 is 2.57 bits per heavy atom. The predicted octanol–water partition coefficient (Wildman–Crippen LogP) is 1.55. The highest BCUT2D eigenvalue weighted by Crippen LogP contribution is 2.23. The number of amides is 2. The molecule has 1 saturated heterocycles. The largest absolute Gasteiger partial charge is 0.435 e. The molecule has 0 unspecified atom stereocenters. The number of nitrogens with zero attached hydrogens (tertiary/aromatic N) is 4. The SMILES string of the molecule is C#CCOC(=O)N1CCCN1C(=O)c1cc(C(C)(C)C)nn1C. The summed E-state index contributed by atoms with van der Waals surface area (Å²) in [6.45, 7) is 6.87. The number of hydrogen-bond acceptors (Lipinski definition) is 4. The van der Waals surface area contributed by atoms with Crippen LogP contribution in [0, 0.1) is 12.3 Å². The van der Waals surface area contributed by atoms with Gasteiger partial charge in [0.1, 0.15) is 5.69 Å². The second kappa shape index (κ2) is 6.32. The van der Waals surface area contributed by atoms with Gasteiger partial charge in [0.25, 0.3) is 5.91 Å². The highest BCUT2D eigenvalue weighted by Gasteiger charge is 2.34. The van der Waals surface area contributed by atoms with Crippen molar-refractivity contribution >= 4 is 12.0 Å². The molecule has 124 valence electrons. The molecule has 0 atom stereocenters. The zero-order valence-electron chi connectivity index (χ0n) is 14.0. The lowest BCUT2D eigenvalue weighted by molar-refractivity contribution is 0.0157. The zero-order chi connectivity index (χ0) is 17.2. The fraction of sp³-hybridized carbons (Fsp3) is 0.562. The molecule has 0 aromatic carbocycles. The van der Waals surface area contributed by atoms with Gasteiger partial charge in [-0.15, -0.1) is 6.42 Å². The number of aromatic nitrogens is 2. The van der Waals surface area contributed by atoms with Crippen molar-refractivity contribution in [3.05, 3.63) is 17.5 Å². The van der Waals surface area contributed by atoms with Gasteiger partial charge in [0.15, 0.2) is 6.61 Å². The first-order valence-corrected chi connectivity index (χ1v) is 7.49. The van der Waals surface area contributed by atoms with Crippen LogP contribution in [-0.2, 0) is 17.2 Å². The van der Waals surface area contributed by atoms with Gasteiger partial charge in [0.2, 0.25) is 0 Å². The molecule has 0 radical (unpaired) electrons. The van der Waals surface area contributed by atoms with Crippen LogP contribution in [0.1, 0.15) is 43.4 Å². The Kier molecular flexibility index (Phi) is 4.64. The number of carbonyl (C=O) groups is 2. The molecule has 1 aromatic heterocycles. The van der Waals surface area contributed by atoms with Gasteiger partial charge in [0.05, 0.1) is 5.69 Å². The molecule has 23 heavy (non-hydrogen) atoms. The van der Waals surface area contributed by atoms with Crippen LogP contribution in [0.4, 0.5) is 4.79 Å². The molecule has 0 spiro atoms. The van der Waals surface area contributed by atoms with Crippen molar-refractivity contribution in [2.45, 2.75) is 32.6 Å². The molecule has 7 nitrogen and oxygen atoms in total. The summed E-state index contributed by atoms with van der Waals surface area (Å²) in [6.07, 6.45) is 5.18. The Hall–Kier alpha value is -2.49. The van der Waals surface area contributed by atoms with Gasteiger partial charge < -0.3 is 4.74 Å². The Morgan fingerprint density at radius 2 is 2.00 bits per heavy atom. The highest BCUT2D eigenvalue weighted by atomic mass is 16.6. The van der Waals surface area contributed by atoms with Crippen LogP contribution in [0.15, 0.2) is 6.07 Å². The van der Waals surface area contributed by atoms with E-state index in [0.717, 1.165) is 5.69 Å². The van der Waals surface area contributed by atoms with Crippen LogP contribution in [0.2, 0.25) is 0 Å². The van der Waals surface area contributed by atoms with E-state index in [1.54, 1.807) is 17.8 Å². The lowest BCUT2D eigenvalue weighted by Gasteiger charge is -2.26. The maximum atomic E-state index is 12.8. The maximum absolute atomic E-state index is 12.8. The Morgan fingerprint density at radius 1 is 1.35 bits per heavy atom. The number of hydrogen-bond donors (Lipinski definition) is 0. The van der Waals surface area contributed by atoms with Gasteiger partial charge in [-0.05, 0) is 12.5 Å². The first-order chi connectivity index (χ1) is 10.8. The van der Waals surface area contributed by atoms with Gasteiger partial charge >= 0.3 is 6.09 Å². The molecule has 1 aliphatic rings. The number of rotatable bonds is 2. The van der Waals surface area contributed by atoms with Crippen LogP contribution in [0.5, 0.6) is 0 Å². The Balaban J connectivity index is 2.21. The lowest BCUT2D eigenvalue weighted by atomic mass is 9.92. The fourth-order valence-electron chi connectivity index (χ4n) is 2.36. The number of hydrazine groups is 1. The zero-order valence-corrected chi connectivity index (χ0v) is 14.0. The van der Waals surface area contributed by atoms with Crippen LogP contribution < -0.4 is 0 Å². The molecule has 0 aliphatic carbocycles. The summed E-state index contributed by atoms with van der Waals surface area (Å²) >= 11 is 0. The van der Waals surface area contributed by atoms with E-state index < -0.39 is 6.09 Å². The van der Waals surface area contributed by atoms with E-state index in [-0.39, 0.29) is 17.9 Å². The van der Waals surface area contributed by atoms with Gasteiger partial charge in [-0.1, -0.05) is 26.7 Å². The summed E-state index contributed by atoms with van der Waals surface area (Å²) in [7, 11) is 1.72. The summed E-state index contributed by atoms with van der Waals surface area (Å²) in [5, 5.41) is 7.09. The minimum absolute atomic E-state index is 0.114. The van der Waals surface area contributed by atoms with Crippen molar-refractivity contribution in [3.63, 3.8) is 0 Å². The summed E-state index contributed by atoms with van der Waals surface area (Å²) in [4.78, 5) is 24.8. The van der Waals surface area contributed by atoms with Gasteiger partial charge in [-0.2, -0.15) is 5.10 Å². The summed E-state index contributed by atoms with van der Waals surface area (Å²) < 4.78 is 6.46. The van der Waals surface area contributed by atoms with Crippen LogP contribution in [0.3, 0.4) is 0 Å². The normalized spacial score (nSPS) is 14.7. The Bertz CT molecular complexity index is 651. The van der Waals surface area contributed by atoms with Crippen molar-refractivity contribution < 1.29 is 14.3 Å². The molecular formula is C16H22N4O3. The van der Waals surface area contributed by atoms with E-state index in [2.05, 4.69) is 11.0 Å². The first kappa shape index (κ1) is 16.9. The number of carbonyl (C=O) groups excluding carboxylic acids is 2. The average Bonchev–Trinajstić information content (AvgIpc) is 3.10. The number of aryl methyl sites for hydroxylation is 1. The van der Waals surface area contributed by atoms with E-state index >= 15 is 0 Å². The van der Waals surface area contributed by atoms with Crippen LogP contribution >= 0.6 is 0 Å². The third-order valence-electron chi connectivity index (χ3n) is 3.62. The van der Waals surface area contributed by atoms with Gasteiger partial charge in [-0.3, -0.25) is 9.48 Å². The summed E-state index contributed by atoms with van der Waals surface area (Å²) in [6, 6.07) is 1.77. The fourth-order valence-corrected chi connectivity index (χ4v) is 2.36. The minimum Gasteiger partial charge on any atom is -0.435 e. The Labute approximate surface area is 136 Å². The van der Waals surface area contributed by atoms with E-state index in [9.17, 15) is 9.59 Å². The lowest BCUT2D eigenvalue weighted by Crippen LogP contribution is -2.45. The molecule has 2 rings (SSSR count). The average molecular weight is 318 g/mol. The molecular weight excluding hydrogens is 296 g/mol. The first-order valence-electron chi connectivity index (χ1n) is 7.49. The molecule has 0 saturated carbocycles. The van der Waals surface area contributed by atoms with E-state index in [4.69, 9.17) is 11.2 Å². The van der Waals surface area contributed by atoms with Crippen molar-refractivity contribution in [1.29, 1.82) is 0 Å². The van der Waals surface area contributed by atoms with Crippen LogP contribution in [-0.4, -0.2) is 51.5 Å². The number of ether oxygens (including phenoxy) is 1. The molecule has 0 N–H and O–H groups in total. The van der Waals surface area contributed by atoms with Crippen molar-refractivity contribution in [2.75, 3.05) is 19.7 Å². The second-order valence-corrected chi connectivity index (χ2v) is 6.45. The van der Waals surface area contributed by atoms with Gasteiger partial charge in [0, 0.05) is 25.6 Å². The number of terminal acetylenes is 1. The molecule has 1 aliphatic heterocycles. The monoisotopic (exact) mass is 318 g/mol. The second-order valence-electron chi connectivity index (χ2n) is 6.45. The highest BCUT2D eigenvalue weighted by molar-refractivity contribution is 5.93. The quantitative estimate of drug-likeness (QED) is 0.776. The standard InChI is InChI=1S/C16H22N4O3/c1-6-10-23-15(22)20-9-7-8-19(20)14(21)12-11-13(16(2,3)4)17-18(12)5/h1,11H,7-10H2,2-5H3. The van der Waals surface area contributed by atoms with Crippen LogP contribution in [0.25, 0.3) is 0 Å². The molecule has 1 aromatic rings. The molecule has 0 bridgehead atoms. The van der Waals surface area contributed by atoms with E-state index in [1.807, 2.05) is 20.8 Å². The van der Waals surface area contributed by atoms with Crippen molar-refractivity contribution in [3.8, 4) is 12.3 Å². The van der Waals surface area contributed by atoms with E-state index in [1.165, 1.54) is 10.0 Å². The van der Waals surface area contributed by atoms with E-state index in [0.29, 0.717) is 25.2 Å². The predicted molar refractivity (Wildman–Crippen MR) is 84.4 cm³/mol. The van der Waals surface area contributed by atoms with Crippen molar-refractivity contribution in [1.82, 2.24) is 19.8 Å². The third kappa shape index (κ3) is 3.47. The van der Waals surface area contributed by atoms with Crippen molar-refractivity contribution in [2.24, 2.45) is 7.05 Å². The summed E-state index contributed by atoms with van der Waals surface area (Å²) in [5.74, 6) is 1.97. The molecule has 2 heterocycles. The molecule has 1 fully saturated rings. The smallest absolute Gasteiger partial charge is 0.429 e. The maximum Gasteiger partial charge on any atom is 0.429 e. The minimum atomic E-state index is -0.605. The third-order valence-corrected chi connectivity index (χ3v) is 3.62. The summed E-state index contributed by atoms with van der Waals surface area (Å²) in [5.41, 5.74) is 1.10. The molecule has 2 amide bonds.